The van der Waals surface area contributed by atoms with Gasteiger partial charge in [0.1, 0.15) is 0 Å². The van der Waals surface area contributed by atoms with Gasteiger partial charge in [0.2, 0.25) is 0 Å². The molecular formula is C15H24ClNO4. The molecular weight excluding hydrogens is 294 g/mol. The molecule has 0 radical (unpaired) electrons. The monoisotopic (exact) mass is 317 g/mol. The van der Waals surface area contributed by atoms with E-state index in [-0.39, 0.29) is 12.7 Å². The van der Waals surface area contributed by atoms with Gasteiger partial charge in [-0.1, -0.05) is 29.8 Å². The topological polar surface area (TPSA) is 60.0 Å². The van der Waals surface area contributed by atoms with Crippen molar-refractivity contribution in [3.8, 4) is 0 Å². The molecule has 0 fully saturated rings. The van der Waals surface area contributed by atoms with Gasteiger partial charge in [0.25, 0.3) is 0 Å². The molecule has 0 aliphatic rings. The van der Waals surface area contributed by atoms with E-state index in [1.807, 2.05) is 24.3 Å². The van der Waals surface area contributed by atoms with E-state index < -0.39 is 6.10 Å². The molecule has 0 bridgehead atoms. The van der Waals surface area contributed by atoms with Gasteiger partial charge in [-0.2, -0.15) is 0 Å². The van der Waals surface area contributed by atoms with Crippen LogP contribution in [0.5, 0.6) is 0 Å². The molecule has 21 heavy (non-hydrogen) atoms. The summed E-state index contributed by atoms with van der Waals surface area (Å²) in [6.45, 7) is 2.21. The normalized spacial score (nSPS) is 14.1. The van der Waals surface area contributed by atoms with E-state index in [9.17, 15) is 5.11 Å². The summed E-state index contributed by atoms with van der Waals surface area (Å²) in [5, 5.41) is 13.6. The third-order valence-electron chi connectivity index (χ3n) is 2.96. The number of aliphatic hydroxyl groups excluding tert-OH is 1. The van der Waals surface area contributed by atoms with Crippen LogP contribution in [0, 0.1) is 0 Å². The Kier molecular flexibility index (Phi) is 9.58. The lowest BCUT2D eigenvalue weighted by Crippen LogP contribution is -2.37. The maximum absolute atomic E-state index is 9.82. The number of hydrogen-bond acceptors (Lipinski definition) is 5. The van der Waals surface area contributed by atoms with E-state index in [0.29, 0.717) is 31.3 Å². The molecule has 1 aromatic carbocycles. The lowest BCUT2D eigenvalue weighted by atomic mass is 10.2. The fourth-order valence-corrected chi connectivity index (χ4v) is 1.98. The number of halogens is 1. The number of hydrogen-bond donors (Lipinski definition) is 2. The second kappa shape index (κ2) is 11.0. The zero-order valence-corrected chi connectivity index (χ0v) is 13.3. The van der Waals surface area contributed by atoms with Crippen LogP contribution >= 0.6 is 11.6 Å². The minimum Gasteiger partial charge on any atom is -0.389 e. The Labute approximate surface area is 131 Å². The first-order valence-electron chi connectivity index (χ1n) is 6.89. The molecule has 5 nitrogen and oxygen atoms in total. The lowest BCUT2D eigenvalue weighted by Gasteiger charge is -2.17. The quantitative estimate of drug-likeness (QED) is 0.647. The van der Waals surface area contributed by atoms with Crippen LogP contribution in [0.15, 0.2) is 24.3 Å². The molecule has 0 amide bonds. The predicted molar refractivity (Wildman–Crippen MR) is 82.7 cm³/mol. The van der Waals surface area contributed by atoms with Gasteiger partial charge in [0.05, 0.1) is 32.0 Å². The number of aliphatic hydroxyl groups is 1. The second-order valence-corrected chi connectivity index (χ2v) is 5.14. The van der Waals surface area contributed by atoms with Gasteiger partial charge >= 0.3 is 0 Å². The van der Waals surface area contributed by atoms with Crippen LogP contribution in [-0.4, -0.2) is 57.8 Å². The number of rotatable bonds is 11. The highest BCUT2D eigenvalue weighted by molar-refractivity contribution is 6.31. The van der Waals surface area contributed by atoms with E-state index >= 15 is 0 Å². The minimum absolute atomic E-state index is 0.0220. The molecule has 0 saturated carbocycles. The zero-order chi connectivity index (χ0) is 15.5. The molecule has 0 aliphatic carbocycles. The Morgan fingerprint density at radius 2 is 1.95 bits per heavy atom. The largest absolute Gasteiger partial charge is 0.389 e. The summed E-state index contributed by atoms with van der Waals surface area (Å²) in [6.07, 6.45) is -0.598. The molecule has 0 aliphatic heterocycles. The molecule has 2 atom stereocenters. The summed E-state index contributed by atoms with van der Waals surface area (Å²) in [5.74, 6) is 0. The number of methoxy groups -OCH3 is 2. The van der Waals surface area contributed by atoms with Crippen molar-refractivity contribution in [1.29, 1.82) is 0 Å². The van der Waals surface area contributed by atoms with Crippen LogP contribution in [0.1, 0.15) is 5.56 Å². The van der Waals surface area contributed by atoms with Crippen LogP contribution in [-0.2, 0) is 20.8 Å². The van der Waals surface area contributed by atoms with E-state index in [1.165, 1.54) is 0 Å². The maximum Gasteiger partial charge on any atom is 0.0928 e. The van der Waals surface area contributed by atoms with E-state index in [4.69, 9.17) is 25.8 Å². The molecule has 1 aromatic rings. The van der Waals surface area contributed by atoms with Crippen LogP contribution < -0.4 is 5.32 Å². The first kappa shape index (κ1) is 18.4. The summed E-state index contributed by atoms with van der Waals surface area (Å²) in [4.78, 5) is 0. The first-order valence-corrected chi connectivity index (χ1v) is 7.26. The lowest BCUT2D eigenvalue weighted by molar-refractivity contribution is 0.0150. The smallest absolute Gasteiger partial charge is 0.0928 e. The highest BCUT2D eigenvalue weighted by atomic mass is 35.5. The minimum atomic E-state index is -0.576. The van der Waals surface area contributed by atoms with Crippen LogP contribution in [0.4, 0.5) is 0 Å². The van der Waals surface area contributed by atoms with E-state index in [0.717, 1.165) is 5.56 Å². The Morgan fingerprint density at radius 3 is 2.62 bits per heavy atom. The van der Waals surface area contributed by atoms with Gasteiger partial charge in [0, 0.05) is 32.3 Å². The van der Waals surface area contributed by atoms with Crippen LogP contribution in [0.25, 0.3) is 0 Å². The fourth-order valence-electron chi connectivity index (χ4n) is 1.79. The van der Waals surface area contributed by atoms with Crippen molar-refractivity contribution >= 4 is 11.6 Å². The SMILES string of the molecule is COCC(CNCC(O)COCc1ccccc1Cl)OC. The molecule has 0 heterocycles. The molecule has 1 rings (SSSR count). The Morgan fingerprint density at radius 1 is 1.19 bits per heavy atom. The number of nitrogens with one attached hydrogen (secondary N) is 1. The van der Waals surface area contributed by atoms with Crippen LogP contribution in [0.3, 0.4) is 0 Å². The summed E-state index contributed by atoms with van der Waals surface area (Å²) in [5.41, 5.74) is 0.916. The van der Waals surface area contributed by atoms with E-state index in [2.05, 4.69) is 5.32 Å². The van der Waals surface area contributed by atoms with Crippen molar-refractivity contribution in [2.75, 3.05) is 40.5 Å². The summed E-state index contributed by atoms with van der Waals surface area (Å²) >= 11 is 6.02. The Bertz CT molecular complexity index is 392. The van der Waals surface area contributed by atoms with Gasteiger partial charge in [-0.05, 0) is 11.6 Å². The summed E-state index contributed by atoms with van der Waals surface area (Å²) < 4.78 is 15.7. The van der Waals surface area contributed by atoms with Gasteiger partial charge in [-0.25, -0.2) is 0 Å². The van der Waals surface area contributed by atoms with E-state index in [1.54, 1.807) is 14.2 Å². The summed E-state index contributed by atoms with van der Waals surface area (Å²) in [6, 6.07) is 7.50. The summed E-state index contributed by atoms with van der Waals surface area (Å²) in [7, 11) is 3.26. The molecule has 0 spiro atoms. The third kappa shape index (κ3) is 7.76. The molecule has 6 heteroatoms. The Hall–Kier alpha value is -0.690. The zero-order valence-electron chi connectivity index (χ0n) is 12.5. The highest BCUT2D eigenvalue weighted by Gasteiger charge is 2.09. The molecule has 0 aromatic heterocycles. The molecule has 0 saturated heterocycles. The van der Waals surface area contributed by atoms with Crippen molar-refractivity contribution in [2.45, 2.75) is 18.8 Å². The van der Waals surface area contributed by atoms with Gasteiger partial charge in [-0.3, -0.25) is 0 Å². The average Bonchev–Trinajstić information content (AvgIpc) is 2.48. The van der Waals surface area contributed by atoms with Crippen LogP contribution in [0.2, 0.25) is 5.02 Å². The predicted octanol–water partition coefficient (Wildman–Crippen LogP) is 1.47. The first-order chi connectivity index (χ1) is 10.2. The number of ether oxygens (including phenoxy) is 3. The average molecular weight is 318 g/mol. The fraction of sp³-hybridized carbons (Fsp3) is 0.600. The van der Waals surface area contributed by atoms with Gasteiger partial charge in [-0.15, -0.1) is 0 Å². The maximum atomic E-state index is 9.82. The van der Waals surface area contributed by atoms with Crippen molar-refractivity contribution in [2.24, 2.45) is 0 Å². The van der Waals surface area contributed by atoms with Crippen molar-refractivity contribution in [3.63, 3.8) is 0 Å². The van der Waals surface area contributed by atoms with Gasteiger partial charge < -0.3 is 24.6 Å². The van der Waals surface area contributed by atoms with Gasteiger partial charge in [0.15, 0.2) is 0 Å². The molecule has 120 valence electrons. The van der Waals surface area contributed by atoms with Crippen molar-refractivity contribution < 1.29 is 19.3 Å². The highest BCUT2D eigenvalue weighted by Crippen LogP contribution is 2.15. The van der Waals surface area contributed by atoms with Crippen molar-refractivity contribution in [1.82, 2.24) is 5.32 Å². The second-order valence-electron chi connectivity index (χ2n) is 4.73. The van der Waals surface area contributed by atoms with Crippen molar-refractivity contribution in [3.05, 3.63) is 34.9 Å². The molecule has 2 unspecified atom stereocenters. The molecule has 2 N–H and O–H groups in total. The Balaban J connectivity index is 2.14. The standard InChI is InChI=1S/C15H24ClNO4/c1-19-11-14(20-2)8-17-7-13(18)10-21-9-12-5-3-4-6-15(12)16/h3-6,13-14,17-18H,7-11H2,1-2H3. The third-order valence-corrected chi connectivity index (χ3v) is 3.33. The number of benzene rings is 1.